The van der Waals surface area contributed by atoms with Gasteiger partial charge in [0.1, 0.15) is 10.9 Å². The Kier molecular flexibility index (Phi) is 4.68. The van der Waals surface area contributed by atoms with Gasteiger partial charge >= 0.3 is 0 Å². The Hall–Kier alpha value is -1.66. The monoisotopic (exact) mass is 243 g/mol. The molecule has 0 aliphatic rings. The summed E-state index contributed by atoms with van der Waals surface area (Å²) >= 11 is 5.62. The second-order valence-electron chi connectivity index (χ2n) is 2.91. The number of hydroxylamine groups is 1. The summed E-state index contributed by atoms with van der Waals surface area (Å²) < 4.78 is 0. The molecule has 1 rings (SSSR count). The maximum atomic E-state index is 10.3. The summed E-state index contributed by atoms with van der Waals surface area (Å²) in [4.78, 5) is 18.3. The number of nitrogens with one attached hydrogen (secondary N) is 1. The van der Waals surface area contributed by atoms with Crippen LogP contribution in [0.5, 0.6) is 0 Å². The zero-order valence-corrected chi connectivity index (χ0v) is 9.27. The van der Waals surface area contributed by atoms with Crippen molar-refractivity contribution in [2.75, 3.05) is 7.11 Å². The van der Waals surface area contributed by atoms with E-state index in [1.165, 1.54) is 7.11 Å². The molecule has 1 aromatic rings. The molecule has 86 valence electrons. The van der Waals surface area contributed by atoms with E-state index in [9.17, 15) is 10.1 Å². The van der Waals surface area contributed by atoms with Crippen LogP contribution < -0.4 is 5.48 Å². The van der Waals surface area contributed by atoms with Crippen LogP contribution in [-0.2, 0) is 11.3 Å². The maximum Gasteiger partial charge on any atom is 0.255 e. The molecular weight excluding hydrogens is 234 g/mol. The lowest BCUT2D eigenvalue weighted by Crippen LogP contribution is -2.14. The highest BCUT2D eigenvalue weighted by molar-refractivity contribution is 6.29. The Bertz CT molecular complexity index is 391. The average molecular weight is 244 g/mol. The van der Waals surface area contributed by atoms with E-state index in [0.717, 1.165) is 11.8 Å². The normalized spacial score (nSPS) is 11.2. The minimum absolute atomic E-state index is 0.318. The summed E-state index contributed by atoms with van der Waals surface area (Å²) in [6.45, 7) is 0. The molecule has 0 spiro atoms. The van der Waals surface area contributed by atoms with Crippen LogP contribution in [0.2, 0.25) is 5.15 Å². The third-order valence-electron chi connectivity index (χ3n) is 1.68. The fraction of sp³-hybridized carbons (Fsp3) is 0.222. The van der Waals surface area contributed by atoms with Gasteiger partial charge in [-0.15, -0.1) is 0 Å². The molecule has 16 heavy (non-hydrogen) atoms. The second-order valence-corrected chi connectivity index (χ2v) is 3.30. The number of rotatable bonds is 5. The summed E-state index contributed by atoms with van der Waals surface area (Å²) in [6, 6.07) is 3.36. The largest absolute Gasteiger partial charge is 0.280 e. The van der Waals surface area contributed by atoms with E-state index in [0.29, 0.717) is 17.3 Å². The zero-order valence-electron chi connectivity index (χ0n) is 8.51. The third-order valence-corrected chi connectivity index (χ3v) is 1.90. The van der Waals surface area contributed by atoms with E-state index in [4.69, 9.17) is 11.6 Å². The second kappa shape index (κ2) is 6.04. The third kappa shape index (κ3) is 4.24. The predicted molar refractivity (Wildman–Crippen MR) is 58.2 cm³/mol. The molecule has 0 amide bonds. The quantitative estimate of drug-likeness (QED) is 0.482. The number of hydrogen-bond acceptors (Lipinski definition) is 5. The standard InChI is InChI=1S/C9H10ClN3O3/c1-16-12-8(6-13(14)15)4-7-2-3-9(10)11-5-7/h2-3,5-6,12H,4H2,1H3/b8-6-. The van der Waals surface area contributed by atoms with Gasteiger partial charge in [0.15, 0.2) is 0 Å². The van der Waals surface area contributed by atoms with Gasteiger partial charge in [-0.1, -0.05) is 17.7 Å². The van der Waals surface area contributed by atoms with Crippen LogP contribution in [0, 0.1) is 10.1 Å². The van der Waals surface area contributed by atoms with Gasteiger partial charge in [-0.05, 0) is 11.6 Å². The molecular formula is C9H10ClN3O3. The van der Waals surface area contributed by atoms with E-state index >= 15 is 0 Å². The van der Waals surface area contributed by atoms with Crippen LogP contribution in [0.25, 0.3) is 0 Å². The molecule has 0 saturated carbocycles. The maximum absolute atomic E-state index is 10.3. The van der Waals surface area contributed by atoms with Crippen molar-refractivity contribution in [3.63, 3.8) is 0 Å². The van der Waals surface area contributed by atoms with Crippen LogP contribution in [-0.4, -0.2) is 17.0 Å². The number of aromatic nitrogens is 1. The van der Waals surface area contributed by atoms with Crippen molar-refractivity contribution in [2.24, 2.45) is 0 Å². The number of allylic oxidation sites excluding steroid dienone is 1. The topological polar surface area (TPSA) is 77.3 Å². The molecule has 0 aromatic carbocycles. The highest BCUT2D eigenvalue weighted by atomic mass is 35.5. The van der Waals surface area contributed by atoms with Gasteiger partial charge in [0, 0.05) is 12.6 Å². The molecule has 0 saturated heterocycles. The van der Waals surface area contributed by atoms with Crippen molar-refractivity contribution in [1.82, 2.24) is 10.5 Å². The van der Waals surface area contributed by atoms with Gasteiger partial charge in [-0.25, -0.2) is 4.98 Å². The smallest absolute Gasteiger partial charge is 0.255 e. The zero-order chi connectivity index (χ0) is 12.0. The molecule has 0 unspecified atom stereocenters. The Morgan fingerprint density at radius 1 is 1.75 bits per heavy atom. The first-order valence-corrected chi connectivity index (χ1v) is 4.73. The van der Waals surface area contributed by atoms with Gasteiger partial charge in [0.05, 0.1) is 12.0 Å². The molecule has 0 fully saturated rings. The number of hydrogen-bond donors (Lipinski definition) is 1. The molecule has 6 nitrogen and oxygen atoms in total. The van der Waals surface area contributed by atoms with Crippen LogP contribution in [0.4, 0.5) is 0 Å². The molecule has 1 heterocycles. The Labute approximate surface area is 97.0 Å². The van der Waals surface area contributed by atoms with E-state index in [1.807, 2.05) is 0 Å². The predicted octanol–water partition coefficient (Wildman–Crippen LogP) is 1.55. The van der Waals surface area contributed by atoms with Crippen molar-refractivity contribution in [1.29, 1.82) is 0 Å². The van der Waals surface area contributed by atoms with Crippen LogP contribution in [0.15, 0.2) is 30.2 Å². The van der Waals surface area contributed by atoms with Gasteiger partial charge < -0.3 is 0 Å². The van der Waals surface area contributed by atoms with Gasteiger partial charge in [-0.2, -0.15) is 0 Å². The van der Waals surface area contributed by atoms with Gasteiger partial charge in [0.2, 0.25) is 0 Å². The summed E-state index contributed by atoms with van der Waals surface area (Å²) in [5, 5.41) is 10.7. The summed E-state index contributed by atoms with van der Waals surface area (Å²) in [5.41, 5.74) is 3.56. The van der Waals surface area contributed by atoms with Crippen molar-refractivity contribution >= 4 is 11.6 Å². The van der Waals surface area contributed by atoms with Gasteiger partial charge in [-0.3, -0.25) is 20.4 Å². The Morgan fingerprint density at radius 3 is 3.00 bits per heavy atom. The minimum atomic E-state index is -0.551. The van der Waals surface area contributed by atoms with E-state index in [2.05, 4.69) is 15.3 Å². The lowest BCUT2D eigenvalue weighted by molar-refractivity contribution is -0.404. The first kappa shape index (κ1) is 12.4. The molecule has 7 heteroatoms. The fourth-order valence-electron chi connectivity index (χ4n) is 1.10. The number of halogens is 1. The highest BCUT2D eigenvalue weighted by Gasteiger charge is 2.04. The molecule has 1 N–H and O–H groups in total. The molecule has 0 aliphatic heterocycles. The molecule has 1 aromatic heterocycles. The lowest BCUT2D eigenvalue weighted by Gasteiger charge is -2.05. The first-order chi connectivity index (χ1) is 7.61. The Balaban J connectivity index is 2.75. The molecule has 0 atom stereocenters. The van der Waals surface area contributed by atoms with Gasteiger partial charge in [0.25, 0.3) is 6.20 Å². The van der Waals surface area contributed by atoms with Crippen LogP contribution in [0.1, 0.15) is 5.56 Å². The summed E-state index contributed by atoms with van der Waals surface area (Å²) in [5.74, 6) is 0. The SMILES string of the molecule is CON/C(=C\[N+](=O)[O-])Cc1ccc(Cl)nc1. The fourth-order valence-corrected chi connectivity index (χ4v) is 1.21. The number of nitrogens with zero attached hydrogens (tertiary/aromatic N) is 2. The van der Waals surface area contributed by atoms with Crippen molar-refractivity contribution in [3.8, 4) is 0 Å². The van der Waals surface area contributed by atoms with E-state index < -0.39 is 4.92 Å². The molecule has 0 bridgehead atoms. The van der Waals surface area contributed by atoms with E-state index in [1.54, 1.807) is 18.3 Å². The first-order valence-electron chi connectivity index (χ1n) is 4.35. The lowest BCUT2D eigenvalue weighted by atomic mass is 10.2. The van der Waals surface area contributed by atoms with Crippen molar-refractivity contribution < 1.29 is 9.76 Å². The number of nitro groups is 1. The Morgan fingerprint density at radius 2 is 2.50 bits per heavy atom. The molecule has 0 aliphatic carbocycles. The molecule has 0 radical (unpaired) electrons. The minimum Gasteiger partial charge on any atom is -0.280 e. The van der Waals surface area contributed by atoms with Crippen LogP contribution >= 0.6 is 11.6 Å². The summed E-state index contributed by atoms with van der Waals surface area (Å²) in [6.07, 6.45) is 2.71. The van der Waals surface area contributed by atoms with Crippen molar-refractivity contribution in [2.45, 2.75) is 6.42 Å². The average Bonchev–Trinajstić information content (AvgIpc) is 2.21. The number of pyridine rings is 1. The van der Waals surface area contributed by atoms with E-state index in [-0.39, 0.29) is 0 Å². The van der Waals surface area contributed by atoms with Crippen LogP contribution in [0.3, 0.4) is 0 Å². The van der Waals surface area contributed by atoms with Crippen molar-refractivity contribution in [3.05, 3.63) is 51.1 Å². The summed E-state index contributed by atoms with van der Waals surface area (Å²) in [7, 11) is 1.38. The highest BCUT2D eigenvalue weighted by Crippen LogP contribution is 2.08.